The van der Waals surface area contributed by atoms with Gasteiger partial charge in [0, 0.05) is 42.8 Å². The van der Waals surface area contributed by atoms with Crippen molar-refractivity contribution in [1.29, 1.82) is 0 Å². The van der Waals surface area contributed by atoms with E-state index in [1.54, 1.807) is 24.5 Å². The first kappa shape index (κ1) is 18.5. The molecule has 5 nitrogen and oxygen atoms in total. The third kappa shape index (κ3) is 4.51. The van der Waals surface area contributed by atoms with E-state index in [-0.39, 0.29) is 11.9 Å². The molecule has 0 radical (unpaired) electrons. The van der Waals surface area contributed by atoms with Gasteiger partial charge in [0.1, 0.15) is 11.6 Å². The number of rotatable bonds is 5. The Morgan fingerprint density at radius 3 is 2.61 bits per heavy atom. The molecule has 1 aromatic carbocycles. The van der Waals surface area contributed by atoms with Gasteiger partial charge in [-0.3, -0.25) is 4.98 Å². The quantitative estimate of drug-likeness (QED) is 0.667. The summed E-state index contributed by atoms with van der Waals surface area (Å²) in [5.74, 6) is 1.43. The summed E-state index contributed by atoms with van der Waals surface area (Å²) in [7, 11) is 0. The maximum Gasteiger partial charge on any atom is 0.163 e. The molecule has 3 aromatic rings. The highest BCUT2D eigenvalue weighted by Gasteiger charge is 2.21. The number of pyridine rings is 1. The predicted molar refractivity (Wildman–Crippen MR) is 106 cm³/mol. The summed E-state index contributed by atoms with van der Waals surface area (Å²) in [6.07, 6.45) is 5.62. The third-order valence-electron chi connectivity index (χ3n) is 4.93. The molecule has 144 valence electrons. The number of halogens is 1. The Hall–Kier alpha value is -2.86. The van der Waals surface area contributed by atoms with Crippen molar-refractivity contribution in [2.75, 3.05) is 18.0 Å². The molecule has 28 heavy (non-hydrogen) atoms. The largest absolute Gasteiger partial charge is 0.373 e. The summed E-state index contributed by atoms with van der Waals surface area (Å²) < 4.78 is 19.0. The van der Waals surface area contributed by atoms with Crippen molar-refractivity contribution in [3.8, 4) is 11.4 Å². The summed E-state index contributed by atoms with van der Waals surface area (Å²) >= 11 is 0. The minimum absolute atomic E-state index is 0.210. The van der Waals surface area contributed by atoms with Gasteiger partial charge in [-0.2, -0.15) is 0 Å². The van der Waals surface area contributed by atoms with Crippen LogP contribution in [0.4, 0.5) is 10.2 Å². The Morgan fingerprint density at radius 1 is 1.11 bits per heavy atom. The number of hydrogen-bond donors (Lipinski definition) is 0. The van der Waals surface area contributed by atoms with Gasteiger partial charge < -0.3 is 9.64 Å². The number of benzene rings is 1. The summed E-state index contributed by atoms with van der Waals surface area (Å²) in [5, 5.41) is 0. The number of hydrogen-bond acceptors (Lipinski definition) is 5. The molecule has 1 fully saturated rings. The number of piperidine rings is 1. The van der Waals surface area contributed by atoms with Crippen LogP contribution in [0.5, 0.6) is 0 Å². The van der Waals surface area contributed by atoms with Crippen LogP contribution in [0.2, 0.25) is 0 Å². The lowest BCUT2D eigenvalue weighted by Gasteiger charge is -2.33. The number of aromatic nitrogens is 3. The van der Waals surface area contributed by atoms with E-state index in [4.69, 9.17) is 9.72 Å². The highest BCUT2D eigenvalue weighted by Crippen LogP contribution is 2.24. The van der Waals surface area contributed by atoms with E-state index in [1.807, 2.05) is 25.1 Å². The van der Waals surface area contributed by atoms with E-state index in [0.717, 1.165) is 48.6 Å². The first-order valence-corrected chi connectivity index (χ1v) is 9.54. The highest BCUT2D eigenvalue weighted by molar-refractivity contribution is 5.56. The molecule has 0 saturated carbocycles. The Morgan fingerprint density at radius 2 is 1.89 bits per heavy atom. The van der Waals surface area contributed by atoms with E-state index in [2.05, 4.69) is 14.9 Å². The van der Waals surface area contributed by atoms with Gasteiger partial charge in [-0.1, -0.05) is 12.1 Å². The molecule has 0 aliphatic carbocycles. The van der Waals surface area contributed by atoms with Crippen LogP contribution in [0, 0.1) is 12.7 Å². The lowest BCUT2D eigenvalue weighted by Crippen LogP contribution is -2.37. The summed E-state index contributed by atoms with van der Waals surface area (Å²) in [6, 6.07) is 12.4. The fraction of sp³-hybridized carbons (Fsp3) is 0.318. The lowest BCUT2D eigenvalue weighted by molar-refractivity contribution is 0.0250. The molecule has 6 heteroatoms. The van der Waals surface area contributed by atoms with Crippen LogP contribution in [-0.2, 0) is 11.3 Å². The van der Waals surface area contributed by atoms with Crippen LogP contribution in [0.15, 0.2) is 54.9 Å². The van der Waals surface area contributed by atoms with Gasteiger partial charge in [-0.15, -0.1) is 0 Å². The van der Waals surface area contributed by atoms with Crippen molar-refractivity contribution >= 4 is 5.82 Å². The molecule has 0 bridgehead atoms. The fourth-order valence-corrected chi connectivity index (χ4v) is 3.38. The van der Waals surface area contributed by atoms with Gasteiger partial charge >= 0.3 is 0 Å². The van der Waals surface area contributed by atoms with E-state index in [9.17, 15) is 4.39 Å². The van der Waals surface area contributed by atoms with Crippen molar-refractivity contribution in [3.05, 3.63) is 71.9 Å². The van der Waals surface area contributed by atoms with E-state index in [0.29, 0.717) is 12.4 Å². The second-order valence-corrected chi connectivity index (χ2v) is 7.06. The van der Waals surface area contributed by atoms with Crippen LogP contribution in [0.1, 0.15) is 24.1 Å². The van der Waals surface area contributed by atoms with Gasteiger partial charge in [0.05, 0.1) is 12.7 Å². The third-order valence-corrected chi connectivity index (χ3v) is 4.93. The van der Waals surface area contributed by atoms with Gasteiger partial charge in [0.25, 0.3) is 0 Å². The normalized spacial score (nSPS) is 15.0. The summed E-state index contributed by atoms with van der Waals surface area (Å²) in [5.41, 5.74) is 2.86. The zero-order valence-corrected chi connectivity index (χ0v) is 15.9. The molecule has 0 spiro atoms. The lowest BCUT2D eigenvalue weighted by atomic mass is 10.1. The first-order valence-electron chi connectivity index (χ1n) is 9.54. The molecule has 3 heterocycles. The van der Waals surface area contributed by atoms with Gasteiger partial charge in [0.15, 0.2) is 5.82 Å². The minimum Gasteiger partial charge on any atom is -0.373 e. The standard InChI is InChI=1S/C22H23FN4O/c1-16-13-21(26-22(25-16)18-3-2-10-24-14-18)27-11-8-20(9-12-27)28-15-17-4-6-19(23)7-5-17/h2-7,10,13-14,20H,8-9,11-12,15H2,1H3. The van der Waals surface area contributed by atoms with Crippen molar-refractivity contribution < 1.29 is 9.13 Å². The van der Waals surface area contributed by atoms with Gasteiger partial charge in [-0.05, 0) is 49.6 Å². The summed E-state index contributed by atoms with van der Waals surface area (Å²) in [4.78, 5) is 15.8. The molecular weight excluding hydrogens is 355 g/mol. The molecule has 0 N–H and O–H groups in total. The number of ether oxygens (including phenoxy) is 1. The van der Waals surface area contributed by atoms with Crippen LogP contribution in [0.3, 0.4) is 0 Å². The van der Waals surface area contributed by atoms with Crippen molar-refractivity contribution in [3.63, 3.8) is 0 Å². The molecule has 4 rings (SSSR count). The van der Waals surface area contributed by atoms with E-state index < -0.39 is 0 Å². The minimum atomic E-state index is -0.220. The number of nitrogens with zero attached hydrogens (tertiary/aromatic N) is 4. The van der Waals surface area contributed by atoms with Crippen LogP contribution >= 0.6 is 0 Å². The Balaban J connectivity index is 1.37. The molecule has 0 unspecified atom stereocenters. The maximum atomic E-state index is 13.0. The molecule has 0 amide bonds. The van der Waals surface area contributed by atoms with E-state index >= 15 is 0 Å². The number of anilines is 1. The smallest absolute Gasteiger partial charge is 0.163 e. The van der Waals surface area contributed by atoms with Crippen LogP contribution in [-0.4, -0.2) is 34.1 Å². The zero-order chi connectivity index (χ0) is 19.3. The predicted octanol–water partition coefficient (Wildman–Crippen LogP) is 4.17. The second-order valence-electron chi connectivity index (χ2n) is 7.06. The molecule has 1 aliphatic rings. The topological polar surface area (TPSA) is 51.1 Å². The SMILES string of the molecule is Cc1cc(N2CCC(OCc3ccc(F)cc3)CC2)nc(-c2cccnc2)n1. The zero-order valence-electron chi connectivity index (χ0n) is 15.9. The van der Waals surface area contributed by atoms with Gasteiger partial charge in [0.2, 0.25) is 0 Å². The average Bonchev–Trinajstić information content (AvgIpc) is 2.74. The van der Waals surface area contributed by atoms with Crippen molar-refractivity contribution in [2.24, 2.45) is 0 Å². The van der Waals surface area contributed by atoms with Crippen molar-refractivity contribution in [1.82, 2.24) is 15.0 Å². The Bertz CT molecular complexity index is 910. The van der Waals surface area contributed by atoms with Crippen LogP contribution < -0.4 is 4.90 Å². The highest BCUT2D eigenvalue weighted by atomic mass is 19.1. The molecule has 0 atom stereocenters. The van der Waals surface area contributed by atoms with Crippen molar-refractivity contribution in [2.45, 2.75) is 32.5 Å². The monoisotopic (exact) mass is 378 g/mol. The molecular formula is C22H23FN4O. The second kappa shape index (κ2) is 8.44. The summed E-state index contributed by atoms with van der Waals surface area (Å²) in [6.45, 7) is 4.28. The maximum absolute atomic E-state index is 13.0. The van der Waals surface area contributed by atoms with Crippen LogP contribution in [0.25, 0.3) is 11.4 Å². The van der Waals surface area contributed by atoms with Gasteiger partial charge in [-0.25, -0.2) is 14.4 Å². The molecule has 1 saturated heterocycles. The number of aryl methyl sites for hydroxylation is 1. The average molecular weight is 378 g/mol. The Kier molecular flexibility index (Phi) is 5.58. The Labute approximate surface area is 164 Å². The fourth-order valence-electron chi connectivity index (χ4n) is 3.38. The molecule has 1 aliphatic heterocycles. The molecule has 2 aromatic heterocycles. The van der Waals surface area contributed by atoms with E-state index in [1.165, 1.54) is 12.1 Å². The first-order chi connectivity index (χ1) is 13.7.